The van der Waals surface area contributed by atoms with Crippen LogP contribution >= 0.6 is 0 Å². The maximum absolute atomic E-state index is 12.9. The van der Waals surface area contributed by atoms with E-state index in [1.54, 1.807) is 0 Å². The lowest BCUT2D eigenvalue weighted by Gasteiger charge is -2.32. The van der Waals surface area contributed by atoms with Gasteiger partial charge in [-0.05, 0) is 43.5 Å². The standard InChI is InChI=1S/C15H20F3N3O3S/c1-10-6-11(15(16,17)18)8-13(7-10)19-14(22)21-5-3-4-12(9-21)20-25(2,23)24/h6-8,12,20H,3-5,9H2,1-2H3,(H,19,22)/t12-/m0/s1. The van der Waals surface area contributed by atoms with Crippen LogP contribution in [0.15, 0.2) is 18.2 Å². The van der Waals surface area contributed by atoms with E-state index in [1.165, 1.54) is 17.9 Å². The number of aryl methyl sites for hydroxylation is 1. The number of carbonyl (C=O) groups excluding carboxylic acids is 1. The lowest BCUT2D eigenvalue weighted by Crippen LogP contribution is -2.50. The van der Waals surface area contributed by atoms with E-state index < -0.39 is 33.8 Å². The van der Waals surface area contributed by atoms with Crippen molar-refractivity contribution >= 4 is 21.7 Å². The first-order chi connectivity index (χ1) is 11.4. The Hall–Kier alpha value is -1.81. The highest BCUT2D eigenvalue weighted by atomic mass is 32.2. The van der Waals surface area contributed by atoms with Gasteiger partial charge in [0.1, 0.15) is 0 Å². The number of hydrogen-bond acceptors (Lipinski definition) is 3. The van der Waals surface area contributed by atoms with Crippen LogP contribution in [0.25, 0.3) is 0 Å². The largest absolute Gasteiger partial charge is 0.416 e. The van der Waals surface area contributed by atoms with E-state index in [9.17, 15) is 26.4 Å². The minimum absolute atomic E-state index is 0.0514. The number of piperidine rings is 1. The first kappa shape index (κ1) is 19.5. The average molecular weight is 379 g/mol. The number of benzene rings is 1. The Bertz CT molecular complexity index is 750. The van der Waals surface area contributed by atoms with Crippen LogP contribution in [-0.2, 0) is 16.2 Å². The summed E-state index contributed by atoms with van der Waals surface area (Å²) >= 11 is 0. The normalized spacial score (nSPS) is 18.9. The molecule has 1 aromatic carbocycles. The van der Waals surface area contributed by atoms with Gasteiger partial charge in [0.15, 0.2) is 0 Å². The molecular formula is C15H20F3N3O3S. The van der Waals surface area contributed by atoms with E-state index in [4.69, 9.17) is 0 Å². The number of hydrogen-bond donors (Lipinski definition) is 2. The molecule has 140 valence electrons. The van der Waals surface area contributed by atoms with Crippen LogP contribution < -0.4 is 10.0 Å². The Labute approximate surface area is 144 Å². The number of urea groups is 1. The number of rotatable bonds is 3. The Morgan fingerprint density at radius 1 is 1.28 bits per heavy atom. The summed E-state index contributed by atoms with van der Waals surface area (Å²) in [4.78, 5) is 13.7. The Kier molecular flexibility index (Phi) is 5.62. The average Bonchev–Trinajstić information content (AvgIpc) is 2.44. The Balaban J connectivity index is 2.08. The lowest BCUT2D eigenvalue weighted by molar-refractivity contribution is -0.137. The second kappa shape index (κ2) is 7.20. The van der Waals surface area contributed by atoms with Crippen molar-refractivity contribution in [3.05, 3.63) is 29.3 Å². The fraction of sp³-hybridized carbons (Fsp3) is 0.533. The van der Waals surface area contributed by atoms with Crippen molar-refractivity contribution in [2.24, 2.45) is 0 Å². The molecule has 1 aromatic rings. The zero-order valence-corrected chi connectivity index (χ0v) is 14.7. The Morgan fingerprint density at radius 2 is 1.96 bits per heavy atom. The minimum Gasteiger partial charge on any atom is -0.323 e. The summed E-state index contributed by atoms with van der Waals surface area (Å²) in [6, 6.07) is 2.36. The molecule has 1 saturated heterocycles. The van der Waals surface area contributed by atoms with E-state index in [2.05, 4.69) is 10.0 Å². The number of likely N-dealkylation sites (tertiary alicyclic amines) is 1. The zero-order chi connectivity index (χ0) is 18.8. The van der Waals surface area contributed by atoms with Gasteiger partial charge in [0.2, 0.25) is 10.0 Å². The molecule has 10 heteroatoms. The molecule has 2 amide bonds. The highest BCUT2D eigenvalue weighted by Crippen LogP contribution is 2.32. The fourth-order valence-corrected chi connectivity index (χ4v) is 3.58. The molecule has 0 spiro atoms. The minimum atomic E-state index is -4.50. The SMILES string of the molecule is Cc1cc(NC(=O)N2CCC[C@H](NS(C)(=O)=O)C2)cc(C(F)(F)F)c1. The maximum atomic E-state index is 12.9. The number of sulfonamides is 1. The first-order valence-electron chi connectivity index (χ1n) is 7.66. The highest BCUT2D eigenvalue weighted by Gasteiger charge is 2.31. The van der Waals surface area contributed by atoms with E-state index in [1.807, 2.05) is 0 Å². The van der Waals surface area contributed by atoms with Gasteiger partial charge in [-0.3, -0.25) is 0 Å². The summed E-state index contributed by atoms with van der Waals surface area (Å²) in [7, 11) is -3.39. The van der Waals surface area contributed by atoms with E-state index in [0.29, 0.717) is 24.9 Å². The number of alkyl halides is 3. The van der Waals surface area contributed by atoms with Crippen molar-refractivity contribution in [3.8, 4) is 0 Å². The molecule has 1 atom stereocenters. The summed E-state index contributed by atoms with van der Waals surface area (Å²) in [5, 5.41) is 2.46. The predicted octanol–water partition coefficient (Wildman–Crippen LogP) is 2.56. The molecule has 0 aliphatic carbocycles. The second-order valence-corrected chi connectivity index (χ2v) is 7.97. The number of carbonyl (C=O) groups is 1. The van der Waals surface area contributed by atoms with Gasteiger partial charge >= 0.3 is 12.2 Å². The summed E-state index contributed by atoms with van der Waals surface area (Å²) in [6.45, 7) is 2.08. The molecule has 6 nitrogen and oxygen atoms in total. The summed E-state index contributed by atoms with van der Waals surface area (Å²) in [5.41, 5.74) is -0.408. The topological polar surface area (TPSA) is 78.5 Å². The van der Waals surface area contributed by atoms with Crippen molar-refractivity contribution < 1.29 is 26.4 Å². The van der Waals surface area contributed by atoms with Crippen LogP contribution in [-0.4, -0.2) is 44.7 Å². The molecule has 2 N–H and O–H groups in total. The van der Waals surface area contributed by atoms with Crippen LogP contribution in [0.3, 0.4) is 0 Å². The summed E-state index contributed by atoms with van der Waals surface area (Å²) < 4.78 is 63.6. The Morgan fingerprint density at radius 3 is 2.56 bits per heavy atom. The van der Waals surface area contributed by atoms with Crippen molar-refractivity contribution in [1.29, 1.82) is 0 Å². The van der Waals surface area contributed by atoms with Gasteiger partial charge in [-0.1, -0.05) is 0 Å². The fourth-order valence-electron chi connectivity index (χ4n) is 2.78. The van der Waals surface area contributed by atoms with Gasteiger partial charge in [-0.15, -0.1) is 0 Å². The van der Waals surface area contributed by atoms with Gasteiger partial charge < -0.3 is 10.2 Å². The molecule has 0 aromatic heterocycles. The van der Waals surface area contributed by atoms with Gasteiger partial charge in [0, 0.05) is 24.8 Å². The van der Waals surface area contributed by atoms with Gasteiger partial charge in [-0.2, -0.15) is 13.2 Å². The van der Waals surface area contributed by atoms with E-state index >= 15 is 0 Å². The van der Waals surface area contributed by atoms with Crippen molar-refractivity contribution in [3.63, 3.8) is 0 Å². The van der Waals surface area contributed by atoms with E-state index in [0.717, 1.165) is 18.4 Å². The maximum Gasteiger partial charge on any atom is 0.416 e. The number of anilines is 1. The van der Waals surface area contributed by atoms with Gasteiger partial charge in [-0.25, -0.2) is 17.9 Å². The number of nitrogens with zero attached hydrogens (tertiary/aromatic N) is 1. The second-order valence-electron chi connectivity index (χ2n) is 6.19. The molecule has 0 saturated carbocycles. The number of nitrogens with one attached hydrogen (secondary N) is 2. The monoisotopic (exact) mass is 379 g/mol. The molecular weight excluding hydrogens is 359 g/mol. The highest BCUT2D eigenvalue weighted by molar-refractivity contribution is 7.88. The molecule has 25 heavy (non-hydrogen) atoms. The third-order valence-electron chi connectivity index (χ3n) is 3.75. The molecule has 0 radical (unpaired) electrons. The summed E-state index contributed by atoms with van der Waals surface area (Å²) in [5.74, 6) is 0. The molecule has 0 unspecified atom stereocenters. The van der Waals surface area contributed by atoms with Crippen molar-refractivity contribution in [1.82, 2.24) is 9.62 Å². The molecule has 1 heterocycles. The van der Waals surface area contributed by atoms with Crippen LogP contribution in [0.1, 0.15) is 24.0 Å². The van der Waals surface area contributed by atoms with Crippen LogP contribution in [0, 0.1) is 6.92 Å². The summed E-state index contributed by atoms with van der Waals surface area (Å²) in [6.07, 6.45) is -2.26. The smallest absolute Gasteiger partial charge is 0.323 e. The lowest BCUT2D eigenvalue weighted by atomic mass is 10.1. The van der Waals surface area contributed by atoms with Crippen molar-refractivity contribution in [2.45, 2.75) is 32.0 Å². The molecule has 1 fully saturated rings. The number of amides is 2. The quantitative estimate of drug-likeness (QED) is 0.847. The molecule has 1 aliphatic rings. The van der Waals surface area contributed by atoms with Crippen LogP contribution in [0.4, 0.5) is 23.7 Å². The number of halogens is 3. The third kappa shape index (κ3) is 5.89. The first-order valence-corrected chi connectivity index (χ1v) is 9.55. The van der Waals surface area contributed by atoms with Crippen LogP contribution in [0.5, 0.6) is 0 Å². The van der Waals surface area contributed by atoms with Crippen LogP contribution in [0.2, 0.25) is 0 Å². The van der Waals surface area contributed by atoms with Gasteiger partial charge in [0.25, 0.3) is 0 Å². The van der Waals surface area contributed by atoms with Crippen molar-refractivity contribution in [2.75, 3.05) is 24.7 Å². The van der Waals surface area contributed by atoms with E-state index in [-0.39, 0.29) is 12.2 Å². The zero-order valence-electron chi connectivity index (χ0n) is 13.9. The molecule has 0 bridgehead atoms. The predicted molar refractivity (Wildman–Crippen MR) is 87.8 cm³/mol. The van der Waals surface area contributed by atoms with Gasteiger partial charge in [0.05, 0.1) is 11.8 Å². The molecule has 1 aliphatic heterocycles. The third-order valence-corrected chi connectivity index (χ3v) is 4.51. The molecule has 2 rings (SSSR count).